The molecule has 9 nitrogen and oxygen atoms in total. The number of nitrogens with zero attached hydrogens (tertiary/aromatic N) is 4. The van der Waals surface area contributed by atoms with Crippen LogP contribution in [-0.4, -0.2) is 57.9 Å². The highest BCUT2D eigenvalue weighted by molar-refractivity contribution is 7.90. The van der Waals surface area contributed by atoms with Gasteiger partial charge in [-0.15, -0.1) is 0 Å². The lowest BCUT2D eigenvalue weighted by Crippen LogP contribution is -2.27. The van der Waals surface area contributed by atoms with Gasteiger partial charge in [0.1, 0.15) is 18.2 Å². The number of anilines is 2. The molecular formula is C38H47N5O4S. The number of ether oxygens (including phenoxy) is 2. The fourth-order valence-electron chi connectivity index (χ4n) is 5.63. The molecule has 10 heteroatoms. The van der Waals surface area contributed by atoms with E-state index in [1.54, 1.807) is 12.5 Å². The normalized spacial score (nSPS) is 13.4. The highest BCUT2D eigenvalue weighted by Crippen LogP contribution is 2.31. The van der Waals surface area contributed by atoms with Crippen molar-refractivity contribution in [3.05, 3.63) is 90.1 Å². The van der Waals surface area contributed by atoms with Crippen LogP contribution in [0.25, 0.3) is 17.2 Å². The Morgan fingerprint density at radius 3 is 2.48 bits per heavy atom. The summed E-state index contributed by atoms with van der Waals surface area (Å²) in [5, 5.41) is 3.06. The number of hydrogen-bond acceptors (Lipinski definition) is 7. The number of carbonyl (C=O) groups excluding carboxylic acids is 1. The summed E-state index contributed by atoms with van der Waals surface area (Å²) in [7, 11) is 0. The largest absolute Gasteiger partial charge is 0.611 e. The number of hydrogen-bond donors (Lipinski definition) is 1. The van der Waals surface area contributed by atoms with Gasteiger partial charge in [0.15, 0.2) is 10.6 Å². The lowest BCUT2D eigenvalue weighted by molar-refractivity contribution is -0.112. The molecular weight excluding hydrogens is 623 g/mol. The summed E-state index contributed by atoms with van der Waals surface area (Å²) < 4.78 is 26.6. The Bertz CT molecular complexity index is 1640. The molecule has 1 amide bonds. The van der Waals surface area contributed by atoms with E-state index >= 15 is 0 Å². The number of aryl methyl sites for hydroxylation is 1. The van der Waals surface area contributed by atoms with E-state index in [-0.39, 0.29) is 5.91 Å². The van der Waals surface area contributed by atoms with Crippen molar-refractivity contribution in [3.8, 4) is 16.9 Å². The zero-order valence-electron chi connectivity index (χ0n) is 28.3. The van der Waals surface area contributed by atoms with Gasteiger partial charge < -0.3 is 28.8 Å². The number of nitrogens with one attached hydrogen (secondary N) is 1. The highest BCUT2D eigenvalue weighted by Gasteiger charge is 2.22. The predicted molar refractivity (Wildman–Crippen MR) is 194 cm³/mol. The van der Waals surface area contributed by atoms with E-state index in [1.807, 2.05) is 65.4 Å². The third-order valence-corrected chi connectivity index (χ3v) is 9.56. The van der Waals surface area contributed by atoms with Gasteiger partial charge in [-0.2, -0.15) is 0 Å². The predicted octanol–water partition coefficient (Wildman–Crippen LogP) is 7.50. The minimum atomic E-state index is -1.22. The minimum absolute atomic E-state index is 0.151. The van der Waals surface area contributed by atoms with Gasteiger partial charge in [0.05, 0.1) is 24.8 Å². The Morgan fingerprint density at radius 2 is 1.73 bits per heavy atom. The number of imidazole rings is 1. The first-order chi connectivity index (χ1) is 23.5. The third-order valence-electron chi connectivity index (χ3n) is 8.20. The van der Waals surface area contributed by atoms with Crippen molar-refractivity contribution in [2.24, 2.45) is 0 Å². The highest BCUT2D eigenvalue weighted by atomic mass is 32.2. The number of amides is 1. The average molecular weight is 670 g/mol. The van der Waals surface area contributed by atoms with Gasteiger partial charge in [-0.1, -0.05) is 39.3 Å². The lowest BCUT2D eigenvalue weighted by atomic mass is 10.0. The topological polar surface area (TPSA) is 105 Å². The van der Waals surface area contributed by atoms with Crippen LogP contribution in [0.15, 0.2) is 83.8 Å². The van der Waals surface area contributed by atoms with Crippen molar-refractivity contribution in [2.75, 3.05) is 43.1 Å². The number of benzene rings is 2. The summed E-state index contributed by atoms with van der Waals surface area (Å²) in [5.74, 6) is 1.93. The molecule has 3 heterocycles. The number of fused-ring (bicyclic) bond motifs is 1. The molecule has 1 unspecified atom stereocenters. The number of unbranched alkanes of at least 4 members (excludes halogenated alkanes) is 1. The molecule has 2 aromatic heterocycles. The van der Waals surface area contributed by atoms with Crippen molar-refractivity contribution < 1.29 is 18.8 Å². The van der Waals surface area contributed by atoms with Crippen LogP contribution in [0.5, 0.6) is 5.75 Å². The Hall–Kier alpha value is -4.12. The molecule has 0 bridgehead atoms. The van der Waals surface area contributed by atoms with E-state index in [0.717, 1.165) is 79.3 Å². The van der Waals surface area contributed by atoms with Gasteiger partial charge in [0.2, 0.25) is 0 Å². The van der Waals surface area contributed by atoms with E-state index in [1.165, 1.54) is 0 Å². The van der Waals surface area contributed by atoms with Crippen LogP contribution < -0.4 is 15.0 Å². The van der Waals surface area contributed by atoms with Crippen molar-refractivity contribution in [1.82, 2.24) is 14.5 Å². The molecule has 2 aromatic carbocycles. The van der Waals surface area contributed by atoms with Crippen LogP contribution in [-0.2, 0) is 33.0 Å². The number of rotatable bonds is 17. The Labute approximate surface area is 287 Å². The van der Waals surface area contributed by atoms with Crippen molar-refractivity contribution >= 4 is 34.7 Å². The van der Waals surface area contributed by atoms with Crippen LogP contribution in [0.3, 0.4) is 0 Å². The summed E-state index contributed by atoms with van der Waals surface area (Å²) in [6.45, 7) is 10.7. The maximum absolute atomic E-state index is 13.6. The van der Waals surface area contributed by atoms with E-state index in [0.29, 0.717) is 48.1 Å². The van der Waals surface area contributed by atoms with Gasteiger partial charge in [0, 0.05) is 54.8 Å². The number of aromatic nitrogens is 3. The minimum Gasteiger partial charge on any atom is -0.611 e. The molecule has 0 saturated carbocycles. The van der Waals surface area contributed by atoms with Gasteiger partial charge in [-0.05, 0) is 91.0 Å². The fraction of sp³-hybridized carbons (Fsp3) is 0.395. The van der Waals surface area contributed by atoms with Gasteiger partial charge >= 0.3 is 0 Å². The molecule has 0 radical (unpaired) electrons. The second-order valence-electron chi connectivity index (χ2n) is 11.9. The van der Waals surface area contributed by atoms with Crippen LogP contribution in [0, 0.1) is 0 Å². The first-order valence-corrected chi connectivity index (χ1v) is 18.4. The molecule has 0 aliphatic carbocycles. The fourth-order valence-corrected chi connectivity index (χ4v) is 6.75. The zero-order valence-corrected chi connectivity index (χ0v) is 29.1. The van der Waals surface area contributed by atoms with E-state index in [9.17, 15) is 9.35 Å². The summed E-state index contributed by atoms with van der Waals surface area (Å²) >= 11 is -1.22. The van der Waals surface area contributed by atoms with E-state index < -0.39 is 11.2 Å². The zero-order chi connectivity index (χ0) is 33.7. The summed E-state index contributed by atoms with van der Waals surface area (Å²) in [4.78, 5) is 25.6. The molecule has 0 fully saturated rings. The molecule has 0 spiro atoms. The maximum atomic E-state index is 13.6. The van der Waals surface area contributed by atoms with Crippen molar-refractivity contribution in [2.45, 2.75) is 70.1 Å². The van der Waals surface area contributed by atoms with Crippen molar-refractivity contribution in [3.63, 3.8) is 0 Å². The molecule has 1 N–H and O–H groups in total. The van der Waals surface area contributed by atoms with Crippen LogP contribution in [0.4, 0.5) is 11.5 Å². The molecule has 5 rings (SSSR count). The Morgan fingerprint density at radius 1 is 0.938 bits per heavy atom. The van der Waals surface area contributed by atoms with Gasteiger partial charge in [-0.25, -0.2) is 9.97 Å². The van der Waals surface area contributed by atoms with Crippen LogP contribution in [0.2, 0.25) is 0 Å². The van der Waals surface area contributed by atoms with Crippen molar-refractivity contribution in [1.29, 1.82) is 0 Å². The van der Waals surface area contributed by atoms with E-state index in [2.05, 4.69) is 42.0 Å². The first-order valence-electron chi connectivity index (χ1n) is 17.0. The molecule has 48 heavy (non-hydrogen) atoms. The molecule has 0 saturated heterocycles. The lowest BCUT2D eigenvalue weighted by Gasteiger charge is -2.23. The first kappa shape index (κ1) is 35.2. The molecule has 1 atom stereocenters. The quantitative estimate of drug-likeness (QED) is 0.0917. The SMILES string of the molecule is CCCCOCCOc1ccc(-c2cnc3c(c2)C=C(C(=O)Nc2ccc([S+]([O-])Cc4cncn4CCC)cc2)CCN3CCC)cc1. The summed E-state index contributed by atoms with van der Waals surface area (Å²) in [6.07, 6.45) is 12.2. The monoisotopic (exact) mass is 669 g/mol. The number of carbonyl (C=O) groups is 1. The van der Waals surface area contributed by atoms with Gasteiger partial charge in [-0.3, -0.25) is 4.79 Å². The van der Waals surface area contributed by atoms with Crippen LogP contribution in [0.1, 0.15) is 64.1 Å². The smallest absolute Gasteiger partial charge is 0.251 e. The molecule has 4 aromatic rings. The number of pyridine rings is 1. The Balaban J connectivity index is 1.26. The molecule has 1 aliphatic heterocycles. The standard InChI is InChI=1S/C38H47N5O4S/c1-4-7-20-46-21-22-47-35-12-8-29(9-13-35)32-24-31-23-30(16-19-42(17-5-2)37(31)40-25-32)38(44)41-33-10-14-36(15-11-33)48(45)27-34-26-39-28-43(34)18-6-3/h8-15,23-26,28H,4-7,16-22,27H2,1-3H3,(H,41,44). The third kappa shape index (κ3) is 9.49. The maximum Gasteiger partial charge on any atom is 0.251 e. The van der Waals surface area contributed by atoms with Gasteiger partial charge in [0.25, 0.3) is 5.91 Å². The van der Waals surface area contributed by atoms with E-state index in [4.69, 9.17) is 14.5 Å². The summed E-state index contributed by atoms with van der Waals surface area (Å²) in [6, 6.07) is 17.4. The summed E-state index contributed by atoms with van der Waals surface area (Å²) in [5.41, 5.74) is 5.22. The van der Waals surface area contributed by atoms with Crippen LogP contribution >= 0.6 is 0 Å². The Kier molecular flexibility index (Phi) is 13.1. The molecule has 1 aliphatic rings. The second kappa shape index (κ2) is 17.9. The molecule has 254 valence electrons. The average Bonchev–Trinajstić information content (AvgIpc) is 3.45. The second-order valence-corrected chi connectivity index (χ2v) is 13.4.